The zero-order chi connectivity index (χ0) is 15.0. The Hall–Kier alpha value is -1.91. The fourth-order valence-electron chi connectivity index (χ4n) is 3.99. The lowest BCUT2D eigenvalue weighted by Gasteiger charge is -2.39. The van der Waals surface area contributed by atoms with Gasteiger partial charge in [0.05, 0.1) is 5.69 Å². The molecule has 2 aromatic rings. The van der Waals surface area contributed by atoms with Gasteiger partial charge in [0.15, 0.2) is 11.6 Å². The molecule has 116 valence electrons. The van der Waals surface area contributed by atoms with Gasteiger partial charge in [-0.3, -0.25) is 0 Å². The Morgan fingerprint density at radius 3 is 2.18 bits per heavy atom. The Morgan fingerprint density at radius 2 is 1.59 bits per heavy atom. The van der Waals surface area contributed by atoms with Gasteiger partial charge in [0, 0.05) is 19.3 Å². The second-order valence-corrected chi connectivity index (χ2v) is 6.85. The van der Waals surface area contributed by atoms with Crippen LogP contribution in [0.1, 0.15) is 44.2 Å². The van der Waals surface area contributed by atoms with Gasteiger partial charge in [-0.25, -0.2) is 4.68 Å². The molecule has 0 atom stereocenters. The SMILES string of the molecule is Cc1ccn(-c2ccc(N3CCC4(CCCC4)CC3)nn2)n1. The summed E-state index contributed by atoms with van der Waals surface area (Å²) in [5.74, 6) is 1.78. The third-order valence-corrected chi connectivity index (χ3v) is 5.41. The summed E-state index contributed by atoms with van der Waals surface area (Å²) < 4.78 is 1.77. The van der Waals surface area contributed by atoms with E-state index in [1.54, 1.807) is 4.68 Å². The van der Waals surface area contributed by atoms with Crippen LogP contribution in [0.15, 0.2) is 24.4 Å². The quantitative estimate of drug-likeness (QED) is 0.854. The zero-order valence-corrected chi connectivity index (χ0v) is 13.2. The molecular formula is C17H23N5. The Balaban J connectivity index is 1.45. The number of hydrogen-bond acceptors (Lipinski definition) is 4. The first-order chi connectivity index (χ1) is 10.7. The van der Waals surface area contributed by atoms with Crippen molar-refractivity contribution < 1.29 is 0 Å². The third kappa shape index (κ3) is 2.49. The summed E-state index contributed by atoms with van der Waals surface area (Å²) in [5.41, 5.74) is 1.64. The van der Waals surface area contributed by atoms with E-state index in [0.717, 1.165) is 30.4 Å². The Kier molecular flexibility index (Phi) is 3.36. The monoisotopic (exact) mass is 297 g/mol. The van der Waals surface area contributed by atoms with Crippen LogP contribution < -0.4 is 4.90 Å². The molecule has 4 rings (SSSR count). The first-order valence-electron chi connectivity index (χ1n) is 8.36. The summed E-state index contributed by atoms with van der Waals surface area (Å²) in [6.07, 6.45) is 10.3. The second kappa shape index (κ2) is 5.38. The number of aryl methyl sites for hydroxylation is 1. The normalized spacial score (nSPS) is 20.7. The van der Waals surface area contributed by atoms with E-state index in [2.05, 4.69) is 26.3 Å². The number of anilines is 1. The molecule has 0 radical (unpaired) electrons. The molecule has 2 aromatic heterocycles. The van der Waals surface area contributed by atoms with Crippen LogP contribution in [0.3, 0.4) is 0 Å². The van der Waals surface area contributed by atoms with E-state index in [4.69, 9.17) is 0 Å². The summed E-state index contributed by atoms with van der Waals surface area (Å²) in [7, 11) is 0. The van der Waals surface area contributed by atoms with Crippen LogP contribution in [0.5, 0.6) is 0 Å². The standard InChI is InChI=1S/C17H23N5/c1-14-6-11-22(20-14)16-5-4-15(18-19-16)21-12-9-17(10-13-21)7-2-3-8-17/h4-6,11H,2-3,7-10,12-13H2,1H3. The molecule has 1 saturated carbocycles. The first kappa shape index (κ1) is 13.7. The van der Waals surface area contributed by atoms with Crippen LogP contribution in [-0.2, 0) is 0 Å². The average molecular weight is 297 g/mol. The van der Waals surface area contributed by atoms with Crippen molar-refractivity contribution in [3.63, 3.8) is 0 Å². The highest BCUT2D eigenvalue weighted by Gasteiger charge is 2.37. The maximum absolute atomic E-state index is 4.42. The predicted octanol–water partition coefficient (Wildman–Crippen LogP) is 3.13. The number of rotatable bonds is 2. The van der Waals surface area contributed by atoms with E-state index in [0.29, 0.717) is 5.41 Å². The predicted molar refractivity (Wildman–Crippen MR) is 86.2 cm³/mol. The van der Waals surface area contributed by atoms with Crippen molar-refractivity contribution >= 4 is 5.82 Å². The maximum atomic E-state index is 4.42. The zero-order valence-electron chi connectivity index (χ0n) is 13.2. The molecule has 2 fully saturated rings. The van der Waals surface area contributed by atoms with E-state index < -0.39 is 0 Å². The summed E-state index contributed by atoms with van der Waals surface area (Å²) >= 11 is 0. The lowest BCUT2D eigenvalue weighted by Crippen LogP contribution is -2.39. The highest BCUT2D eigenvalue weighted by molar-refractivity contribution is 5.40. The molecule has 5 nitrogen and oxygen atoms in total. The van der Waals surface area contributed by atoms with Gasteiger partial charge >= 0.3 is 0 Å². The van der Waals surface area contributed by atoms with E-state index >= 15 is 0 Å². The summed E-state index contributed by atoms with van der Waals surface area (Å²) in [6.45, 7) is 4.22. The molecule has 22 heavy (non-hydrogen) atoms. The Bertz CT molecular complexity index is 629. The molecule has 0 aromatic carbocycles. The van der Waals surface area contributed by atoms with Gasteiger partial charge in [-0.05, 0) is 56.2 Å². The van der Waals surface area contributed by atoms with Crippen LogP contribution in [0.4, 0.5) is 5.82 Å². The fraction of sp³-hybridized carbons (Fsp3) is 0.588. The van der Waals surface area contributed by atoms with Gasteiger partial charge in [0.25, 0.3) is 0 Å². The van der Waals surface area contributed by atoms with Gasteiger partial charge in [-0.2, -0.15) is 5.10 Å². The highest BCUT2D eigenvalue weighted by Crippen LogP contribution is 2.46. The molecule has 5 heteroatoms. The van der Waals surface area contributed by atoms with Crippen molar-refractivity contribution in [2.45, 2.75) is 45.4 Å². The summed E-state index contributed by atoms with van der Waals surface area (Å²) in [5, 5.41) is 13.1. The lowest BCUT2D eigenvalue weighted by atomic mass is 9.77. The van der Waals surface area contributed by atoms with Gasteiger partial charge < -0.3 is 4.90 Å². The van der Waals surface area contributed by atoms with Crippen molar-refractivity contribution in [2.75, 3.05) is 18.0 Å². The van der Waals surface area contributed by atoms with Crippen molar-refractivity contribution in [1.29, 1.82) is 0 Å². The minimum atomic E-state index is 0.649. The Labute approximate surface area is 131 Å². The fourth-order valence-corrected chi connectivity index (χ4v) is 3.99. The van der Waals surface area contributed by atoms with Crippen LogP contribution >= 0.6 is 0 Å². The molecule has 1 aliphatic heterocycles. The van der Waals surface area contributed by atoms with Crippen molar-refractivity contribution in [1.82, 2.24) is 20.0 Å². The van der Waals surface area contributed by atoms with Crippen molar-refractivity contribution in [3.05, 3.63) is 30.1 Å². The molecule has 2 aliphatic rings. The molecule has 0 bridgehead atoms. The summed E-state index contributed by atoms with van der Waals surface area (Å²) in [4.78, 5) is 2.38. The van der Waals surface area contributed by atoms with Gasteiger partial charge in [0.2, 0.25) is 0 Å². The van der Waals surface area contributed by atoms with E-state index in [9.17, 15) is 0 Å². The molecule has 3 heterocycles. The van der Waals surface area contributed by atoms with Crippen molar-refractivity contribution in [2.24, 2.45) is 5.41 Å². The largest absolute Gasteiger partial charge is 0.355 e. The Morgan fingerprint density at radius 1 is 0.909 bits per heavy atom. The van der Waals surface area contributed by atoms with Crippen LogP contribution in [-0.4, -0.2) is 33.1 Å². The lowest BCUT2D eigenvalue weighted by molar-refractivity contribution is 0.226. The third-order valence-electron chi connectivity index (χ3n) is 5.41. The number of piperidine rings is 1. The topological polar surface area (TPSA) is 46.8 Å². The van der Waals surface area contributed by atoms with Crippen molar-refractivity contribution in [3.8, 4) is 5.82 Å². The maximum Gasteiger partial charge on any atom is 0.175 e. The van der Waals surface area contributed by atoms with Gasteiger partial charge in [0.1, 0.15) is 0 Å². The number of aromatic nitrogens is 4. The van der Waals surface area contributed by atoms with E-state index in [1.807, 2.05) is 25.3 Å². The highest BCUT2D eigenvalue weighted by atomic mass is 15.4. The summed E-state index contributed by atoms with van der Waals surface area (Å²) in [6, 6.07) is 6.06. The van der Waals surface area contributed by atoms with Crippen LogP contribution in [0.25, 0.3) is 5.82 Å². The van der Waals surface area contributed by atoms with Crippen LogP contribution in [0, 0.1) is 12.3 Å². The molecular weight excluding hydrogens is 274 g/mol. The smallest absolute Gasteiger partial charge is 0.175 e. The van der Waals surface area contributed by atoms with Gasteiger partial charge in [-0.15, -0.1) is 10.2 Å². The molecule has 1 aliphatic carbocycles. The number of hydrogen-bond donors (Lipinski definition) is 0. The molecule has 1 saturated heterocycles. The molecule has 0 N–H and O–H groups in total. The first-order valence-corrected chi connectivity index (χ1v) is 8.36. The van der Waals surface area contributed by atoms with E-state index in [-0.39, 0.29) is 0 Å². The second-order valence-electron chi connectivity index (χ2n) is 6.85. The molecule has 0 amide bonds. The minimum absolute atomic E-state index is 0.649. The molecule has 0 unspecified atom stereocenters. The van der Waals surface area contributed by atoms with Crippen LogP contribution in [0.2, 0.25) is 0 Å². The number of nitrogens with zero attached hydrogens (tertiary/aromatic N) is 5. The van der Waals surface area contributed by atoms with Gasteiger partial charge in [-0.1, -0.05) is 12.8 Å². The van der Waals surface area contributed by atoms with E-state index in [1.165, 1.54) is 38.5 Å². The average Bonchev–Trinajstić information content (AvgIpc) is 3.18. The minimum Gasteiger partial charge on any atom is -0.355 e. The molecule has 1 spiro atoms.